The molecule has 0 unspecified atom stereocenters. The van der Waals surface area contributed by atoms with Crippen molar-refractivity contribution in [3.63, 3.8) is 0 Å². The van der Waals surface area contributed by atoms with Gasteiger partial charge in [-0.3, -0.25) is 0 Å². The molecule has 0 aliphatic rings. The van der Waals surface area contributed by atoms with Crippen LogP contribution >= 0.6 is 0 Å². The Morgan fingerprint density at radius 1 is 0.909 bits per heavy atom. The van der Waals surface area contributed by atoms with Crippen LogP contribution in [-0.4, -0.2) is 6.61 Å². The average molecular weight is 298 g/mol. The van der Waals surface area contributed by atoms with Crippen LogP contribution in [0.25, 0.3) is 0 Å². The van der Waals surface area contributed by atoms with Crippen LogP contribution in [0.1, 0.15) is 37.3 Å². The van der Waals surface area contributed by atoms with Gasteiger partial charge in [0.1, 0.15) is 0 Å². The Hall–Kier alpha value is -1.84. The van der Waals surface area contributed by atoms with Crippen LogP contribution in [0, 0.1) is 0 Å². The van der Waals surface area contributed by atoms with Crippen molar-refractivity contribution in [2.45, 2.75) is 39.3 Å². The van der Waals surface area contributed by atoms with E-state index in [2.05, 4.69) is 42.0 Å². The first-order valence-electron chi connectivity index (χ1n) is 8.08. The highest BCUT2D eigenvalue weighted by Gasteiger charge is 1.97. The van der Waals surface area contributed by atoms with E-state index in [4.69, 9.17) is 4.74 Å². The van der Waals surface area contributed by atoms with Gasteiger partial charge < -0.3 is 10.2 Å². The third-order valence-corrected chi connectivity index (χ3v) is 3.45. The largest absolute Gasteiger partial charge is 0.377 e. The number of anilines is 1. The summed E-state index contributed by atoms with van der Waals surface area (Å²) < 4.78 is 5.71. The first-order valence-corrected chi connectivity index (χ1v) is 8.08. The van der Waals surface area contributed by atoms with Crippen molar-refractivity contribution in [2.24, 2.45) is 0 Å². The van der Waals surface area contributed by atoms with Crippen LogP contribution in [0.3, 0.4) is 0 Å². The molecule has 0 bridgehead atoms. The quantitative estimate of drug-likeness (QED) is 0.500. The molecule has 0 saturated carbocycles. The molecule has 2 N–H and O–H groups in total. The van der Waals surface area contributed by atoms with Crippen LogP contribution in [0.5, 0.6) is 0 Å². The molecule has 0 aliphatic heterocycles. The van der Waals surface area contributed by atoms with E-state index in [-0.39, 0.29) is 0 Å². The van der Waals surface area contributed by atoms with Crippen LogP contribution in [-0.2, 0) is 17.9 Å². The van der Waals surface area contributed by atoms with Gasteiger partial charge in [-0.2, -0.15) is 0 Å². The number of hydrazine groups is 1. The van der Waals surface area contributed by atoms with E-state index >= 15 is 0 Å². The van der Waals surface area contributed by atoms with Gasteiger partial charge in [-0.25, -0.2) is 5.43 Å². The van der Waals surface area contributed by atoms with Gasteiger partial charge in [-0.1, -0.05) is 62.2 Å². The molecule has 2 rings (SSSR count). The van der Waals surface area contributed by atoms with E-state index in [0.717, 1.165) is 25.3 Å². The van der Waals surface area contributed by atoms with E-state index in [0.29, 0.717) is 6.61 Å². The first-order chi connectivity index (χ1) is 10.9. The number of unbranched alkanes of at least 4 members (excludes halogenated alkanes) is 2. The van der Waals surface area contributed by atoms with Crippen LogP contribution < -0.4 is 10.9 Å². The molecule has 0 radical (unpaired) electrons. The van der Waals surface area contributed by atoms with Crippen molar-refractivity contribution in [1.82, 2.24) is 5.43 Å². The highest BCUT2D eigenvalue weighted by atomic mass is 16.5. The molecular weight excluding hydrogens is 272 g/mol. The molecule has 0 aromatic heterocycles. The molecule has 0 aliphatic carbocycles. The highest BCUT2D eigenvalue weighted by molar-refractivity contribution is 5.41. The number of rotatable bonds is 10. The Labute approximate surface area is 133 Å². The molecule has 0 atom stereocenters. The second-order valence-corrected chi connectivity index (χ2v) is 5.42. The van der Waals surface area contributed by atoms with Gasteiger partial charge in [0, 0.05) is 18.8 Å². The topological polar surface area (TPSA) is 33.3 Å². The molecule has 0 heterocycles. The Morgan fingerprint density at radius 3 is 2.55 bits per heavy atom. The van der Waals surface area contributed by atoms with Gasteiger partial charge in [-0.05, 0) is 29.7 Å². The fourth-order valence-electron chi connectivity index (χ4n) is 2.24. The second-order valence-electron chi connectivity index (χ2n) is 5.42. The zero-order valence-electron chi connectivity index (χ0n) is 13.3. The lowest BCUT2D eigenvalue weighted by molar-refractivity contribution is 0.117. The maximum absolute atomic E-state index is 5.71. The Bertz CT molecular complexity index is 528. The fraction of sp³-hybridized carbons (Fsp3) is 0.368. The van der Waals surface area contributed by atoms with E-state index in [1.165, 1.54) is 24.0 Å². The molecule has 0 amide bonds. The van der Waals surface area contributed by atoms with Gasteiger partial charge >= 0.3 is 0 Å². The minimum Gasteiger partial charge on any atom is -0.377 e. The summed E-state index contributed by atoms with van der Waals surface area (Å²) in [5.74, 6) is 0. The number of nitrogens with one attached hydrogen (secondary N) is 2. The first kappa shape index (κ1) is 16.5. The number of ether oxygens (including phenoxy) is 1. The number of para-hydroxylation sites is 1. The van der Waals surface area contributed by atoms with Crippen molar-refractivity contribution >= 4 is 5.69 Å². The molecule has 22 heavy (non-hydrogen) atoms. The summed E-state index contributed by atoms with van der Waals surface area (Å²) >= 11 is 0. The molecule has 0 fully saturated rings. The molecule has 3 nitrogen and oxygen atoms in total. The minimum atomic E-state index is 0.698. The van der Waals surface area contributed by atoms with Crippen molar-refractivity contribution in [1.29, 1.82) is 0 Å². The van der Waals surface area contributed by atoms with Gasteiger partial charge in [-0.15, -0.1) is 0 Å². The molecule has 0 spiro atoms. The van der Waals surface area contributed by atoms with E-state index < -0.39 is 0 Å². The number of hydrogen-bond donors (Lipinski definition) is 2. The summed E-state index contributed by atoms with van der Waals surface area (Å²) in [5, 5.41) is 0. The Kier molecular flexibility index (Phi) is 7.50. The smallest absolute Gasteiger partial charge is 0.0716 e. The standard InChI is InChI=1S/C19H26N2O/c1-2-3-7-13-22-16-18-10-8-9-17(14-18)15-20-21-19-11-5-4-6-12-19/h4-6,8-12,14,20-21H,2-3,7,13,15-16H2,1H3. The lowest BCUT2D eigenvalue weighted by Gasteiger charge is -2.10. The predicted molar refractivity (Wildman–Crippen MR) is 92.5 cm³/mol. The molecular formula is C19H26N2O. The summed E-state index contributed by atoms with van der Waals surface area (Å²) in [6, 6.07) is 18.6. The van der Waals surface area contributed by atoms with Gasteiger partial charge in [0.15, 0.2) is 0 Å². The van der Waals surface area contributed by atoms with E-state index in [1.54, 1.807) is 0 Å². The van der Waals surface area contributed by atoms with Gasteiger partial charge in [0.25, 0.3) is 0 Å². The summed E-state index contributed by atoms with van der Waals surface area (Å²) in [7, 11) is 0. The normalized spacial score (nSPS) is 10.6. The maximum atomic E-state index is 5.71. The summed E-state index contributed by atoms with van der Waals surface area (Å²) in [5.41, 5.74) is 9.98. The van der Waals surface area contributed by atoms with Gasteiger partial charge in [0.05, 0.1) is 6.61 Å². The Balaban J connectivity index is 1.71. The van der Waals surface area contributed by atoms with E-state index in [1.807, 2.05) is 30.3 Å². The van der Waals surface area contributed by atoms with Crippen molar-refractivity contribution in [3.05, 3.63) is 65.7 Å². The number of hydrogen-bond acceptors (Lipinski definition) is 3. The Morgan fingerprint density at radius 2 is 1.73 bits per heavy atom. The summed E-state index contributed by atoms with van der Waals surface area (Å²) in [6.45, 7) is 4.54. The minimum absolute atomic E-state index is 0.698. The highest BCUT2D eigenvalue weighted by Crippen LogP contribution is 2.08. The van der Waals surface area contributed by atoms with Crippen molar-refractivity contribution in [2.75, 3.05) is 12.0 Å². The summed E-state index contributed by atoms with van der Waals surface area (Å²) in [4.78, 5) is 0. The number of benzene rings is 2. The van der Waals surface area contributed by atoms with Crippen molar-refractivity contribution < 1.29 is 4.74 Å². The molecule has 0 saturated heterocycles. The van der Waals surface area contributed by atoms with Crippen LogP contribution in [0.15, 0.2) is 54.6 Å². The SMILES string of the molecule is CCCCCOCc1cccc(CNNc2ccccc2)c1. The fourth-order valence-corrected chi connectivity index (χ4v) is 2.24. The zero-order chi connectivity index (χ0) is 15.5. The lowest BCUT2D eigenvalue weighted by atomic mass is 10.1. The van der Waals surface area contributed by atoms with Crippen LogP contribution in [0.4, 0.5) is 5.69 Å². The second kappa shape index (κ2) is 9.98. The third kappa shape index (κ3) is 6.29. The average Bonchev–Trinajstić information content (AvgIpc) is 2.56. The zero-order valence-corrected chi connectivity index (χ0v) is 13.3. The molecule has 118 valence electrons. The van der Waals surface area contributed by atoms with E-state index in [9.17, 15) is 0 Å². The summed E-state index contributed by atoms with van der Waals surface area (Å²) in [6.07, 6.45) is 3.63. The third-order valence-electron chi connectivity index (χ3n) is 3.45. The molecule has 3 heteroatoms. The predicted octanol–water partition coefficient (Wildman–Crippen LogP) is 4.51. The van der Waals surface area contributed by atoms with Crippen LogP contribution in [0.2, 0.25) is 0 Å². The molecule has 2 aromatic carbocycles. The molecule has 2 aromatic rings. The lowest BCUT2D eigenvalue weighted by Crippen LogP contribution is -2.20. The maximum Gasteiger partial charge on any atom is 0.0716 e. The van der Waals surface area contributed by atoms with Crippen molar-refractivity contribution in [3.8, 4) is 0 Å². The van der Waals surface area contributed by atoms with Gasteiger partial charge in [0.2, 0.25) is 0 Å². The monoisotopic (exact) mass is 298 g/mol.